The number of unbranched alkanes of at least 4 members (excludes halogenated alkanes) is 3. The summed E-state index contributed by atoms with van der Waals surface area (Å²) in [6.45, 7) is 3.30. The lowest BCUT2D eigenvalue weighted by Gasteiger charge is -2.16. The van der Waals surface area contributed by atoms with Crippen LogP contribution in [0.3, 0.4) is 0 Å². The summed E-state index contributed by atoms with van der Waals surface area (Å²) in [7, 11) is -1.35. The SMILES string of the molecule is CCCCS(=O)(=O)N(C)CCCCCN. The first-order valence-corrected chi connectivity index (χ1v) is 7.29. The first-order valence-electron chi connectivity index (χ1n) is 5.68. The van der Waals surface area contributed by atoms with Crippen molar-refractivity contribution in [2.24, 2.45) is 5.73 Å². The maximum absolute atomic E-state index is 11.7. The van der Waals surface area contributed by atoms with E-state index in [1.807, 2.05) is 6.92 Å². The lowest BCUT2D eigenvalue weighted by Crippen LogP contribution is -2.30. The number of sulfonamides is 1. The minimum Gasteiger partial charge on any atom is -0.330 e. The molecule has 0 heterocycles. The zero-order chi connectivity index (χ0) is 11.7. The van der Waals surface area contributed by atoms with E-state index in [-0.39, 0.29) is 5.75 Å². The Balaban J connectivity index is 3.81. The Morgan fingerprint density at radius 2 is 1.80 bits per heavy atom. The fourth-order valence-electron chi connectivity index (χ4n) is 1.28. The van der Waals surface area contributed by atoms with Crippen LogP contribution in [0.25, 0.3) is 0 Å². The molecule has 4 nitrogen and oxygen atoms in total. The maximum atomic E-state index is 11.7. The molecule has 0 aliphatic rings. The molecule has 0 aromatic rings. The standard InChI is InChI=1S/C10H24N2O2S/c1-3-4-10-15(13,14)12(2)9-7-5-6-8-11/h3-11H2,1-2H3. The van der Waals surface area contributed by atoms with Gasteiger partial charge in [0.05, 0.1) is 5.75 Å². The second-order valence-electron chi connectivity index (χ2n) is 3.84. The molecule has 0 unspecified atom stereocenters. The topological polar surface area (TPSA) is 63.4 Å². The predicted molar refractivity (Wildman–Crippen MR) is 64.2 cm³/mol. The summed E-state index contributed by atoms with van der Waals surface area (Å²) in [4.78, 5) is 0. The van der Waals surface area contributed by atoms with Crippen molar-refractivity contribution >= 4 is 10.0 Å². The van der Waals surface area contributed by atoms with Crippen molar-refractivity contribution < 1.29 is 8.42 Å². The van der Waals surface area contributed by atoms with Gasteiger partial charge in [-0.05, 0) is 25.8 Å². The van der Waals surface area contributed by atoms with E-state index in [4.69, 9.17) is 5.73 Å². The molecule has 0 saturated heterocycles. The fraction of sp³-hybridized carbons (Fsp3) is 1.00. The highest BCUT2D eigenvalue weighted by molar-refractivity contribution is 7.89. The molecule has 5 heteroatoms. The van der Waals surface area contributed by atoms with Crippen molar-refractivity contribution in [2.75, 3.05) is 25.9 Å². The van der Waals surface area contributed by atoms with Gasteiger partial charge in [-0.2, -0.15) is 0 Å². The van der Waals surface area contributed by atoms with Crippen molar-refractivity contribution in [1.82, 2.24) is 4.31 Å². The van der Waals surface area contributed by atoms with Gasteiger partial charge in [0.2, 0.25) is 10.0 Å². The highest BCUT2D eigenvalue weighted by Gasteiger charge is 2.15. The second kappa shape index (κ2) is 8.07. The molecule has 0 aliphatic heterocycles. The summed E-state index contributed by atoms with van der Waals surface area (Å²) in [5.74, 6) is 0.275. The van der Waals surface area contributed by atoms with Gasteiger partial charge in [-0.1, -0.05) is 19.8 Å². The fourth-order valence-corrected chi connectivity index (χ4v) is 2.65. The first kappa shape index (κ1) is 14.9. The van der Waals surface area contributed by atoms with E-state index in [1.54, 1.807) is 7.05 Å². The third-order valence-electron chi connectivity index (χ3n) is 2.41. The summed E-state index contributed by atoms with van der Waals surface area (Å²) < 4.78 is 24.8. The number of nitrogens with zero attached hydrogens (tertiary/aromatic N) is 1. The molecule has 0 fully saturated rings. The van der Waals surface area contributed by atoms with Gasteiger partial charge < -0.3 is 5.73 Å². The van der Waals surface area contributed by atoms with E-state index in [1.165, 1.54) is 4.31 Å². The number of nitrogens with two attached hydrogens (primary N) is 1. The smallest absolute Gasteiger partial charge is 0.213 e. The zero-order valence-electron chi connectivity index (χ0n) is 9.91. The van der Waals surface area contributed by atoms with Gasteiger partial charge in [0, 0.05) is 13.6 Å². The molecular weight excluding hydrogens is 212 g/mol. The average Bonchev–Trinajstić information content (AvgIpc) is 2.21. The maximum Gasteiger partial charge on any atom is 0.213 e. The summed E-state index contributed by atoms with van der Waals surface area (Å²) in [6, 6.07) is 0. The Kier molecular flexibility index (Phi) is 8.00. The van der Waals surface area contributed by atoms with Crippen LogP contribution in [0.15, 0.2) is 0 Å². The van der Waals surface area contributed by atoms with Gasteiger partial charge in [0.25, 0.3) is 0 Å². The normalized spacial score (nSPS) is 12.3. The molecule has 0 aromatic carbocycles. The molecule has 15 heavy (non-hydrogen) atoms. The predicted octanol–water partition coefficient (Wildman–Crippen LogP) is 1.18. The van der Waals surface area contributed by atoms with Crippen molar-refractivity contribution in [3.63, 3.8) is 0 Å². The lowest BCUT2D eigenvalue weighted by molar-refractivity contribution is 0.451. The third-order valence-corrected chi connectivity index (χ3v) is 4.34. The average molecular weight is 236 g/mol. The molecule has 0 bridgehead atoms. The van der Waals surface area contributed by atoms with Gasteiger partial charge in [-0.3, -0.25) is 0 Å². The molecule has 0 spiro atoms. The molecule has 0 radical (unpaired) electrons. The molecular formula is C10H24N2O2S. The van der Waals surface area contributed by atoms with Crippen LogP contribution in [0.1, 0.15) is 39.0 Å². The largest absolute Gasteiger partial charge is 0.330 e. The van der Waals surface area contributed by atoms with Gasteiger partial charge >= 0.3 is 0 Å². The Bertz CT molecular complexity index is 240. The summed E-state index contributed by atoms with van der Waals surface area (Å²) in [5.41, 5.74) is 5.37. The van der Waals surface area contributed by atoms with Gasteiger partial charge in [0.15, 0.2) is 0 Å². The van der Waals surface area contributed by atoms with Crippen LogP contribution in [0.5, 0.6) is 0 Å². The lowest BCUT2D eigenvalue weighted by atomic mass is 10.2. The molecule has 0 saturated carbocycles. The minimum absolute atomic E-state index is 0.275. The van der Waals surface area contributed by atoms with Crippen LogP contribution < -0.4 is 5.73 Å². The van der Waals surface area contributed by atoms with E-state index in [2.05, 4.69) is 0 Å². The highest BCUT2D eigenvalue weighted by Crippen LogP contribution is 2.05. The Labute approximate surface area is 93.9 Å². The van der Waals surface area contributed by atoms with Crippen LogP contribution in [0.4, 0.5) is 0 Å². The Morgan fingerprint density at radius 1 is 1.13 bits per heavy atom. The second-order valence-corrected chi connectivity index (χ2v) is 6.04. The Morgan fingerprint density at radius 3 is 2.33 bits per heavy atom. The third kappa shape index (κ3) is 6.87. The summed E-state index contributed by atoms with van der Waals surface area (Å²) >= 11 is 0. The van der Waals surface area contributed by atoms with Crippen LogP contribution in [-0.2, 0) is 10.0 Å². The number of hydrogen-bond acceptors (Lipinski definition) is 3. The van der Waals surface area contributed by atoms with E-state index >= 15 is 0 Å². The van der Waals surface area contributed by atoms with Gasteiger partial charge in [-0.25, -0.2) is 12.7 Å². The van der Waals surface area contributed by atoms with Crippen LogP contribution >= 0.6 is 0 Å². The molecule has 2 N–H and O–H groups in total. The van der Waals surface area contributed by atoms with Crippen LogP contribution in [0, 0.1) is 0 Å². The van der Waals surface area contributed by atoms with E-state index < -0.39 is 10.0 Å². The Hall–Kier alpha value is -0.130. The molecule has 0 atom stereocenters. The number of rotatable bonds is 9. The van der Waals surface area contributed by atoms with E-state index in [0.29, 0.717) is 13.1 Å². The molecule has 0 aliphatic carbocycles. The van der Waals surface area contributed by atoms with E-state index in [9.17, 15) is 8.42 Å². The van der Waals surface area contributed by atoms with Crippen molar-refractivity contribution in [3.8, 4) is 0 Å². The van der Waals surface area contributed by atoms with Crippen LogP contribution in [0.2, 0.25) is 0 Å². The first-order chi connectivity index (χ1) is 7.04. The van der Waals surface area contributed by atoms with Crippen molar-refractivity contribution in [3.05, 3.63) is 0 Å². The van der Waals surface area contributed by atoms with Crippen molar-refractivity contribution in [2.45, 2.75) is 39.0 Å². The van der Waals surface area contributed by atoms with Crippen LogP contribution in [-0.4, -0.2) is 38.6 Å². The van der Waals surface area contributed by atoms with Gasteiger partial charge in [0.1, 0.15) is 0 Å². The quantitative estimate of drug-likeness (QED) is 0.611. The minimum atomic E-state index is -3.01. The summed E-state index contributed by atoms with van der Waals surface area (Å²) in [6.07, 6.45) is 4.54. The summed E-state index contributed by atoms with van der Waals surface area (Å²) in [5, 5.41) is 0. The zero-order valence-corrected chi connectivity index (χ0v) is 10.7. The van der Waals surface area contributed by atoms with E-state index in [0.717, 1.165) is 32.1 Å². The number of hydrogen-bond donors (Lipinski definition) is 1. The molecule has 0 aromatic heterocycles. The molecule has 0 rings (SSSR count). The molecule has 0 amide bonds. The monoisotopic (exact) mass is 236 g/mol. The highest BCUT2D eigenvalue weighted by atomic mass is 32.2. The van der Waals surface area contributed by atoms with Gasteiger partial charge in [-0.15, -0.1) is 0 Å². The molecule has 92 valence electrons. The van der Waals surface area contributed by atoms with Crippen molar-refractivity contribution in [1.29, 1.82) is 0 Å².